The first-order chi connectivity index (χ1) is 12.8. The fourth-order valence-corrected chi connectivity index (χ4v) is 3.99. The second-order valence-corrected chi connectivity index (χ2v) is 7.63. The van der Waals surface area contributed by atoms with Gasteiger partial charge >= 0.3 is 0 Å². The maximum absolute atomic E-state index is 6.24. The number of hydrogen-bond acceptors (Lipinski definition) is 3. The van der Waals surface area contributed by atoms with E-state index in [9.17, 15) is 0 Å². The van der Waals surface area contributed by atoms with Crippen LogP contribution in [0.25, 0.3) is 11.3 Å². The largest absolute Gasteiger partial charge is 0.493 e. The molecule has 26 heavy (non-hydrogen) atoms. The van der Waals surface area contributed by atoms with E-state index in [1.54, 1.807) is 0 Å². The molecule has 3 rings (SSSR count). The van der Waals surface area contributed by atoms with Crippen molar-refractivity contribution in [1.29, 1.82) is 0 Å². The van der Waals surface area contributed by atoms with Crippen molar-refractivity contribution in [3.05, 3.63) is 42.4 Å². The SMILES string of the molecule is CCCc1cnc(-c2ccccc2OCC2CCC(CCC)CC2)cn1. The van der Waals surface area contributed by atoms with Crippen molar-refractivity contribution in [2.45, 2.75) is 65.2 Å². The molecule has 1 aliphatic carbocycles. The van der Waals surface area contributed by atoms with E-state index in [4.69, 9.17) is 4.74 Å². The van der Waals surface area contributed by atoms with Gasteiger partial charge in [-0.1, -0.05) is 58.1 Å². The average Bonchev–Trinajstić information content (AvgIpc) is 2.69. The second-order valence-electron chi connectivity index (χ2n) is 7.63. The highest BCUT2D eigenvalue weighted by Crippen LogP contribution is 2.33. The summed E-state index contributed by atoms with van der Waals surface area (Å²) in [5, 5.41) is 0. The van der Waals surface area contributed by atoms with Gasteiger partial charge in [0.05, 0.1) is 24.2 Å². The predicted octanol–water partition coefficient (Wildman–Crippen LogP) is 6.08. The minimum Gasteiger partial charge on any atom is -0.493 e. The van der Waals surface area contributed by atoms with E-state index in [0.717, 1.165) is 48.1 Å². The van der Waals surface area contributed by atoms with Crippen molar-refractivity contribution in [3.63, 3.8) is 0 Å². The number of nitrogens with zero attached hydrogens (tertiary/aromatic N) is 2. The Balaban J connectivity index is 1.61. The topological polar surface area (TPSA) is 35.0 Å². The summed E-state index contributed by atoms with van der Waals surface area (Å²) in [6, 6.07) is 8.21. The smallest absolute Gasteiger partial charge is 0.128 e. The fourth-order valence-electron chi connectivity index (χ4n) is 3.99. The third-order valence-corrected chi connectivity index (χ3v) is 5.51. The molecule has 0 atom stereocenters. The van der Waals surface area contributed by atoms with Gasteiger partial charge < -0.3 is 4.74 Å². The van der Waals surface area contributed by atoms with Crippen LogP contribution in [0.5, 0.6) is 5.75 Å². The van der Waals surface area contributed by atoms with Gasteiger partial charge in [0, 0.05) is 11.8 Å². The quantitative estimate of drug-likeness (QED) is 0.577. The second kappa shape index (κ2) is 9.70. The van der Waals surface area contributed by atoms with Crippen LogP contribution in [0.1, 0.15) is 64.5 Å². The van der Waals surface area contributed by atoms with Gasteiger partial charge in [0.1, 0.15) is 5.75 Å². The summed E-state index contributed by atoms with van der Waals surface area (Å²) in [6.07, 6.45) is 13.9. The molecule has 1 aromatic heterocycles. The molecule has 0 spiro atoms. The Bertz CT molecular complexity index is 660. The molecular weight excluding hydrogens is 320 g/mol. The molecule has 0 saturated heterocycles. The van der Waals surface area contributed by atoms with Gasteiger partial charge in [-0.3, -0.25) is 9.97 Å². The van der Waals surface area contributed by atoms with Crippen LogP contribution in [-0.4, -0.2) is 16.6 Å². The fraction of sp³-hybridized carbons (Fsp3) is 0.565. The van der Waals surface area contributed by atoms with Crippen LogP contribution in [0.15, 0.2) is 36.7 Å². The van der Waals surface area contributed by atoms with Crippen LogP contribution < -0.4 is 4.74 Å². The average molecular weight is 353 g/mol. The van der Waals surface area contributed by atoms with E-state index in [1.807, 2.05) is 24.5 Å². The Morgan fingerprint density at radius 1 is 0.923 bits per heavy atom. The Kier molecular flexibility index (Phi) is 7.04. The van der Waals surface area contributed by atoms with Crippen LogP contribution in [0.2, 0.25) is 0 Å². The third-order valence-electron chi connectivity index (χ3n) is 5.51. The van der Waals surface area contributed by atoms with Gasteiger partial charge in [0.15, 0.2) is 0 Å². The predicted molar refractivity (Wildman–Crippen MR) is 107 cm³/mol. The Labute approximate surface area is 158 Å². The number of hydrogen-bond donors (Lipinski definition) is 0. The standard InChI is InChI=1S/C23H32N2O/c1-3-7-18-11-13-19(14-12-18)17-26-23-10-6-5-9-21(23)22-16-24-20(8-4-2)15-25-22/h5-6,9-10,15-16,18-19H,3-4,7-8,11-14,17H2,1-2H3. The molecule has 0 radical (unpaired) electrons. The highest BCUT2D eigenvalue weighted by atomic mass is 16.5. The first kappa shape index (κ1) is 18.9. The number of ether oxygens (including phenoxy) is 1. The van der Waals surface area contributed by atoms with Crippen LogP contribution in [0, 0.1) is 11.8 Å². The van der Waals surface area contributed by atoms with E-state index >= 15 is 0 Å². The van der Waals surface area contributed by atoms with Crippen molar-refractivity contribution in [2.75, 3.05) is 6.61 Å². The molecule has 1 heterocycles. The minimum atomic E-state index is 0.689. The van der Waals surface area contributed by atoms with E-state index in [2.05, 4.69) is 35.9 Å². The first-order valence-electron chi connectivity index (χ1n) is 10.3. The van der Waals surface area contributed by atoms with E-state index in [1.165, 1.54) is 38.5 Å². The summed E-state index contributed by atoms with van der Waals surface area (Å²) in [5.41, 5.74) is 2.99. The van der Waals surface area contributed by atoms with Gasteiger partial charge in [0.25, 0.3) is 0 Å². The molecule has 0 amide bonds. The zero-order valence-corrected chi connectivity index (χ0v) is 16.3. The number of para-hydroxylation sites is 1. The molecule has 0 unspecified atom stereocenters. The molecule has 1 aliphatic rings. The molecule has 140 valence electrons. The summed E-state index contributed by atoms with van der Waals surface area (Å²) >= 11 is 0. The first-order valence-corrected chi connectivity index (χ1v) is 10.3. The lowest BCUT2D eigenvalue weighted by Crippen LogP contribution is -2.20. The van der Waals surface area contributed by atoms with Crippen LogP contribution >= 0.6 is 0 Å². The molecule has 3 heteroatoms. The monoisotopic (exact) mass is 352 g/mol. The summed E-state index contributed by atoms with van der Waals surface area (Å²) in [6.45, 7) is 5.27. The lowest BCUT2D eigenvalue weighted by molar-refractivity contribution is 0.179. The van der Waals surface area contributed by atoms with Crippen LogP contribution in [-0.2, 0) is 6.42 Å². The molecule has 1 saturated carbocycles. The van der Waals surface area contributed by atoms with Crippen molar-refractivity contribution >= 4 is 0 Å². The van der Waals surface area contributed by atoms with Crippen molar-refractivity contribution in [1.82, 2.24) is 9.97 Å². The van der Waals surface area contributed by atoms with Gasteiger partial charge in [-0.05, 0) is 43.2 Å². The summed E-state index contributed by atoms with van der Waals surface area (Å²) in [5.74, 6) is 2.57. The van der Waals surface area contributed by atoms with Crippen molar-refractivity contribution in [3.8, 4) is 17.0 Å². The van der Waals surface area contributed by atoms with Gasteiger partial charge in [-0.25, -0.2) is 0 Å². The van der Waals surface area contributed by atoms with Gasteiger partial charge in [-0.15, -0.1) is 0 Å². The molecule has 0 N–H and O–H groups in total. The highest BCUT2D eigenvalue weighted by molar-refractivity contribution is 5.66. The molecule has 0 aliphatic heterocycles. The molecule has 2 aromatic rings. The van der Waals surface area contributed by atoms with Crippen molar-refractivity contribution in [2.24, 2.45) is 11.8 Å². The Morgan fingerprint density at radius 2 is 1.69 bits per heavy atom. The summed E-state index contributed by atoms with van der Waals surface area (Å²) in [7, 11) is 0. The molecule has 3 nitrogen and oxygen atoms in total. The zero-order valence-electron chi connectivity index (χ0n) is 16.3. The van der Waals surface area contributed by atoms with E-state index in [0.29, 0.717) is 5.92 Å². The number of rotatable bonds is 8. The molecule has 1 aromatic carbocycles. The summed E-state index contributed by atoms with van der Waals surface area (Å²) < 4.78 is 6.24. The maximum atomic E-state index is 6.24. The minimum absolute atomic E-state index is 0.689. The molecule has 0 bridgehead atoms. The van der Waals surface area contributed by atoms with E-state index in [-0.39, 0.29) is 0 Å². The third kappa shape index (κ3) is 5.06. The lowest BCUT2D eigenvalue weighted by atomic mass is 9.80. The van der Waals surface area contributed by atoms with E-state index < -0.39 is 0 Å². The number of aromatic nitrogens is 2. The van der Waals surface area contributed by atoms with Gasteiger partial charge in [0.2, 0.25) is 0 Å². The number of benzene rings is 1. The van der Waals surface area contributed by atoms with Crippen LogP contribution in [0.3, 0.4) is 0 Å². The maximum Gasteiger partial charge on any atom is 0.128 e. The van der Waals surface area contributed by atoms with Gasteiger partial charge in [-0.2, -0.15) is 0 Å². The normalized spacial score (nSPS) is 20.1. The highest BCUT2D eigenvalue weighted by Gasteiger charge is 2.21. The Hall–Kier alpha value is -1.90. The van der Waals surface area contributed by atoms with Crippen LogP contribution in [0.4, 0.5) is 0 Å². The molecule has 1 fully saturated rings. The number of aryl methyl sites for hydroxylation is 1. The lowest BCUT2D eigenvalue weighted by Gasteiger charge is -2.28. The summed E-state index contributed by atoms with van der Waals surface area (Å²) in [4.78, 5) is 9.15. The van der Waals surface area contributed by atoms with Crippen molar-refractivity contribution < 1.29 is 4.74 Å². The Morgan fingerprint density at radius 3 is 2.38 bits per heavy atom. The zero-order chi connectivity index (χ0) is 18.2. The molecular formula is C23H32N2O.